The van der Waals surface area contributed by atoms with Gasteiger partial charge in [0, 0.05) is 0 Å². The van der Waals surface area contributed by atoms with Gasteiger partial charge in [-0.15, -0.1) is 3.63 Å². The van der Waals surface area contributed by atoms with E-state index in [1.165, 1.54) is 12.8 Å². The van der Waals surface area contributed by atoms with Gasteiger partial charge in [-0.1, -0.05) is 25.5 Å². The van der Waals surface area contributed by atoms with Gasteiger partial charge in [0.15, 0.2) is 0 Å². The zero-order chi connectivity index (χ0) is 12.5. The first-order valence-corrected chi connectivity index (χ1v) is 6.62. The molecule has 15 heavy (non-hydrogen) atoms. The minimum atomic E-state index is -5.12. The van der Waals surface area contributed by atoms with E-state index >= 15 is 0 Å². The van der Waals surface area contributed by atoms with Gasteiger partial charge in [-0.3, -0.25) is 9.11 Å². The first kappa shape index (κ1) is 16.9. The fourth-order valence-corrected chi connectivity index (χ4v) is 1.31. The van der Waals surface area contributed by atoms with Crippen LogP contribution in [-0.2, 0) is 24.4 Å². The Morgan fingerprint density at radius 1 is 1.13 bits per heavy atom. The minimum absolute atomic E-state index is 1.23. The third-order valence-electron chi connectivity index (χ3n) is 0.863. The summed E-state index contributed by atoms with van der Waals surface area (Å²) in [6.07, 6.45) is 6.77. The van der Waals surface area contributed by atoms with Gasteiger partial charge in [0.2, 0.25) is 0 Å². The van der Waals surface area contributed by atoms with Crippen LogP contribution in [0.1, 0.15) is 26.7 Å². The van der Waals surface area contributed by atoms with Crippen LogP contribution in [0.5, 0.6) is 0 Å². The summed E-state index contributed by atoms with van der Waals surface area (Å²) in [4.78, 5) is 0. The van der Waals surface area contributed by atoms with Crippen LogP contribution in [0.4, 0.5) is 0 Å². The Kier molecular flexibility index (Phi) is 8.77. The lowest BCUT2D eigenvalue weighted by molar-refractivity contribution is 0.344. The first-order valence-electron chi connectivity index (χ1n) is 3.89. The van der Waals surface area contributed by atoms with Crippen LogP contribution >= 0.6 is 0 Å². The number of hydrogen-bond donors (Lipinski definition) is 2. The van der Waals surface area contributed by atoms with Gasteiger partial charge in [-0.25, -0.2) is 0 Å². The third kappa shape index (κ3) is 24.7. The summed E-state index contributed by atoms with van der Waals surface area (Å²) in [6, 6.07) is 0. The van der Waals surface area contributed by atoms with Crippen LogP contribution in [0.15, 0.2) is 12.2 Å². The summed E-state index contributed by atoms with van der Waals surface area (Å²) in [5.74, 6) is 0. The molecule has 0 aliphatic rings. The standard InChI is InChI=1S/C6H12.H2O7S2/c1-3-5-6-4-2;1-8(2,3)7-9(4,5)6/h3,5H,4,6H2,1-2H3;(H,1,2,3)(H,4,5,6). The molecule has 0 saturated heterocycles. The van der Waals surface area contributed by atoms with Crippen molar-refractivity contribution in [2.24, 2.45) is 0 Å². The van der Waals surface area contributed by atoms with Gasteiger partial charge >= 0.3 is 20.8 Å². The van der Waals surface area contributed by atoms with E-state index < -0.39 is 20.8 Å². The van der Waals surface area contributed by atoms with Gasteiger partial charge in [0.1, 0.15) is 0 Å². The number of allylic oxidation sites excluding steroid dienone is 2. The Morgan fingerprint density at radius 2 is 1.53 bits per heavy atom. The molecule has 0 amide bonds. The highest BCUT2D eigenvalue weighted by Gasteiger charge is 2.15. The van der Waals surface area contributed by atoms with Crippen LogP contribution in [0.25, 0.3) is 0 Å². The Morgan fingerprint density at radius 3 is 1.60 bits per heavy atom. The van der Waals surface area contributed by atoms with Gasteiger partial charge < -0.3 is 0 Å². The summed E-state index contributed by atoms with van der Waals surface area (Å²) >= 11 is 0. The van der Waals surface area contributed by atoms with E-state index in [9.17, 15) is 16.8 Å². The summed E-state index contributed by atoms with van der Waals surface area (Å²) in [6.45, 7) is 4.23. The molecular weight excluding hydrogens is 248 g/mol. The predicted octanol–water partition coefficient (Wildman–Crippen LogP) is 0.971. The van der Waals surface area contributed by atoms with Crippen molar-refractivity contribution < 1.29 is 29.6 Å². The van der Waals surface area contributed by atoms with Crippen molar-refractivity contribution >= 4 is 20.8 Å². The molecule has 0 aromatic rings. The molecule has 0 aromatic carbocycles. The quantitative estimate of drug-likeness (QED) is 0.572. The van der Waals surface area contributed by atoms with E-state index in [0.717, 1.165) is 0 Å². The molecule has 0 aliphatic carbocycles. The molecule has 92 valence electrons. The number of hydrogen-bond acceptors (Lipinski definition) is 5. The highest BCUT2D eigenvalue weighted by atomic mass is 32.3. The van der Waals surface area contributed by atoms with Crippen molar-refractivity contribution in [3.8, 4) is 0 Å². The highest BCUT2D eigenvalue weighted by Crippen LogP contribution is 1.91. The monoisotopic (exact) mass is 262 g/mol. The molecule has 0 bridgehead atoms. The summed E-state index contributed by atoms with van der Waals surface area (Å²) in [5.41, 5.74) is 0. The van der Waals surface area contributed by atoms with Crippen LogP contribution in [0.3, 0.4) is 0 Å². The van der Waals surface area contributed by atoms with E-state index in [0.29, 0.717) is 0 Å². The molecule has 0 aliphatic heterocycles. The first-order chi connectivity index (χ1) is 6.62. The highest BCUT2D eigenvalue weighted by molar-refractivity contribution is 7.94. The molecule has 0 rings (SSSR count). The molecule has 0 unspecified atom stereocenters. The fraction of sp³-hybridized carbons (Fsp3) is 0.667. The van der Waals surface area contributed by atoms with Crippen LogP contribution in [0.2, 0.25) is 0 Å². The van der Waals surface area contributed by atoms with Crippen LogP contribution in [-0.4, -0.2) is 25.9 Å². The van der Waals surface area contributed by atoms with Gasteiger partial charge in [-0.2, -0.15) is 16.8 Å². The average Bonchev–Trinajstić information content (AvgIpc) is 1.94. The molecule has 0 atom stereocenters. The summed E-state index contributed by atoms with van der Waals surface area (Å²) < 4.78 is 55.6. The molecule has 7 nitrogen and oxygen atoms in total. The Balaban J connectivity index is 0. The largest absolute Gasteiger partial charge is 0.413 e. The van der Waals surface area contributed by atoms with Crippen molar-refractivity contribution in [1.29, 1.82) is 0 Å². The van der Waals surface area contributed by atoms with Crippen molar-refractivity contribution in [2.45, 2.75) is 26.7 Å². The zero-order valence-electron chi connectivity index (χ0n) is 8.32. The lowest BCUT2D eigenvalue weighted by Gasteiger charge is -1.89. The van der Waals surface area contributed by atoms with E-state index in [1.807, 2.05) is 0 Å². The van der Waals surface area contributed by atoms with E-state index in [2.05, 4.69) is 29.6 Å². The molecule has 0 saturated carbocycles. The molecule has 0 spiro atoms. The van der Waals surface area contributed by atoms with Crippen molar-refractivity contribution in [3.05, 3.63) is 12.2 Å². The molecule has 2 N–H and O–H groups in total. The normalized spacial score (nSPS) is 12.3. The second-order valence-electron chi connectivity index (χ2n) is 2.28. The smallest absolute Gasteiger partial charge is 0.263 e. The van der Waals surface area contributed by atoms with Crippen molar-refractivity contribution in [3.63, 3.8) is 0 Å². The van der Waals surface area contributed by atoms with Crippen LogP contribution < -0.4 is 0 Å². The molecular formula is C6H14O7S2. The van der Waals surface area contributed by atoms with E-state index in [1.54, 1.807) is 0 Å². The summed E-state index contributed by atoms with van der Waals surface area (Å²) in [5, 5.41) is 0. The lowest BCUT2D eigenvalue weighted by Crippen LogP contribution is -2.10. The lowest BCUT2D eigenvalue weighted by atomic mass is 10.3. The Hall–Kier alpha value is -0.480. The zero-order valence-corrected chi connectivity index (χ0v) is 9.95. The van der Waals surface area contributed by atoms with Crippen molar-refractivity contribution in [2.75, 3.05) is 0 Å². The summed E-state index contributed by atoms with van der Waals surface area (Å²) in [7, 11) is -10.2. The van der Waals surface area contributed by atoms with Crippen LogP contribution in [0, 0.1) is 0 Å². The fourth-order valence-electron chi connectivity index (χ4n) is 0.442. The second-order valence-corrected chi connectivity index (χ2v) is 4.54. The molecule has 0 heterocycles. The third-order valence-corrected chi connectivity index (χ3v) is 2.24. The average molecular weight is 262 g/mol. The Bertz CT molecular complexity index is 334. The second kappa shape index (κ2) is 7.77. The maximum Gasteiger partial charge on any atom is 0.413 e. The topological polar surface area (TPSA) is 118 Å². The van der Waals surface area contributed by atoms with Gasteiger partial charge in [0.05, 0.1) is 0 Å². The predicted molar refractivity (Wildman–Crippen MR) is 53.9 cm³/mol. The van der Waals surface area contributed by atoms with E-state index in [4.69, 9.17) is 9.11 Å². The molecule has 9 heteroatoms. The van der Waals surface area contributed by atoms with Crippen molar-refractivity contribution in [1.82, 2.24) is 0 Å². The Labute approximate surface area is 89.7 Å². The number of unbranched alkanes of at least 4 members (excludes halogenated alkanes) is 1. The maximum atomic E-state index is 9.44. The maximum absolute atomic E-state index is 9.44. The van der Waals surface area contributed by atoms with Gasteiger partial charge in [-0.05, 0) is 13.3 Å². The molecule has 0 fully saturated rings. The molecule has 0 radical (unpaired) electrons. The van der Waals surface area contributed by atoms with E-state index in [-0.39, 0.29) is 0 Å². The van der Waals surface area contributed by atoms with Gasteiger partial charge in [0.25, 0.3) is 0 Å². The number of rotatable bonds is 4. The minimum Gasteiger partial charge on any atom is -0.263 e. The molecule has 0 aromatic heterocycles. The SMILES string of the molecule is CC=CCCC.O=S(=O)(O)OS(=O)(=O)O.